The number of aliphatic hydroxyl groups is 1. The molecule has 18 heavy (non-hydrogen) atoms. The predicted octanol–water partition coefficient (Wildman–Crippen LogP) is 3.19. The zero-order chi connectivity index (χ0) is 13.4. The second kappa shape index (κ2) is 8.57. The molecule has 0 saturated heterocycles. The van der Waals surface area contributed by atoms with Gasteiger partial charge in [0.2, 0.25) is 0 Å². The highest BCUT2D eigenvalue weighted by Gasteiger charge is 2.09. The Morgan fingerprint density at radius 1 is 1.17 bits per heavy atom. The van der Waals surface area contributed by atoms with Crippen LogP contribution in [0.2, 0.25) is 0 Å². The molecule has 0 aliphatic carbocycles. The Hall–Kier alpha value is -0.510. The fourth-order valence-corrected chi connectivity index (χ4v) is 2.92. The fraction of sp³-hybridized carbons (Fsp3) is 0.600. The van der Waals surface area contributed by atoms with Gasteiger partial charge in [-0.3, -0.25) is 0 Å². The van der Waals surface area contributed by atoms with Crippen molar-refractivity contribution in [3.63, 3.8) is 0 Å². The average Bonchev–Trinajstić information content (AvgIpc) is 2.39. The topological polar surface area (TPSA) is 32.3 Å². The Balaban J connectivity index is 2.53. The van der Waals surface area contributed by atoms with Crippen LogP contribution in [0.5, 0.6) is 0 Å². The standard InChI is InChI=1S/C15H25NOS/c1-12(2)13-5-7-14(8-6-13)15(16-3)11-18-10-4-9-17/h5-8,12,15-17H,4,9-11H2,1-3H3. The highest BCUT2D eigenvalue weighted by Crippen LogP contribution is 2.21. The van der Waals surface area contributed by atoms with Crippen molar-refractivity contribution >= 4 is 11.8 Å². The minimum atomic E-state index is 0.292. The van der Waals surface area contributed by atoms with Crippen molar-refractivity contribution in [3.8, 4) is 0 Å². The number of rotatable bonds is 8. The van der Waals surface area contributed by atoms with Crippen LogP contribution in [0.3, 0.4) is 0 Å². The van der Waals surface area contributed by atoms with Crippen molar-refractivity contribution in [1.82, 2.24) is 5.32 Å². The summed E-state index contributed by atoms with van der Waals surface area (Å²) in [5.74, 6) is 2.67. The second-order valence-corrected chi connectivity index (χ2v) is 5.96. The summed E-state index contributed by atoms with van der Waals surface area (Å²) in [6.45, 7) is 4.73. The molecule has 3 heteroatoms. The van der Waals surface area contributed by atoms with E-state index >= 15 is 0 Å². The highest BCUT2D eigenvalue weighted by molar-refractivity contribution is 7.99. The molecule has 1 rings (SSSR count). The Morgan fingerprint density at radius 2 is 1.78 bits per heavy atom. The van der Waals surface area contributed by atoms with Crippen molar-refractivity contribution in [3.05, 3.63) is 35.4 Å². The smallest absolute Gasteiger partial charge is 0.0438 e. The minimum Gasteiger partial charge on any atom is -0.396 e. The lowest BCUT2D eigenvalue weighted by Crippen LogP contribution is -2.19. The maximum absolute atomic E-state index is 8.76. The third-order valence-corrected chi connectivity index (χ3v) is 4.23. The first-order chi connectivity index (χ1) is 8.69. The van der Waals surface area contributed by atoms with E-state index in [0.29, 0.717) is 18.6 Å². The summed E-state index contributed by atoms with van der Waals surface area (Å²) in [7, 11) is 2.01. The first-order valence-corrected chi connectivity index (χ1v) is 7.80. The molecule has 2 N–H and O–H groups in total. The van der Waals surface area contributed by atoms with Gasteiger partial charge in [-0.05, 0) is 36.3 Å². The maximum atomic E-state index is 8.76. The van der Waals surface area contributed by atoms with E-state index < -0.39 is 0 Å². The Morgan fingerprint density at radius 3 is 2.28 bits per heavy atom. The molecule has 2 nitrogen and oxygen atoms in total. The first kappa shape index (κ1) is 15.5. The van der Waals surface area contributed by atoms with Gasteiger partial charge >= 0.3 is 0 Å². The number of nitrogens with one attached hydrogen (secondary N) is 1. The van der Waals surface area contributed by atoms with Gasteiger partial charge in [0.15, 0.2) is 0 Å². The molecule has 102 valence electrons. The van der Waals surface area contributed by atoms with E-state index in [1.54, 1.807) is 0 Å². The Labute approximate surface area is 115 Å². The van der Waals surface area contributed by atoms with Crippen LogP contribution in [0.4, 0.5) is 0 Å². The maximum Gasteiger partial charge on any atom is 0.0438 e. The first-order valence-electron chi connectivity index (χ1n) is 6.64. The molecule has 0 amide bonds. The van der Waals surface area contributed by atoms with Crippen LogP contribution in [0, 0.1) is 0 Å². The molecule has 1 unspecified atom stereocenters. The molecular formula is C15H25NOS. The van der Waals surface area contributed by atoms with Gasteiger partial charge in [0.1, 0.15) is 0 Å². The van der Waals surface area contributed by atoms with Gasteiger partial charge < -0.3 is 10.4 Å². The number of hydrogen-bond donors (Lipinski definition) is 2. The summed E-state index contributed by atoms with van der Waals surface area (Å²) in [4.78, 5) is 0. The molecule has 0 saturated carbocycles. The normalized spacial score (nSPS) is 12.9. The van der Waals surface area contributed by atoms with E-state index in [-0.39, 0.29) is 0 Å². The molecule has 0 spiro atoms. The third kappa shape index (κ3) is 5.01. The van der Waals surface area contributed by atoms with Crippen molar-refractivity contribution in [2.45, 2.75) is 32.2 Å². The molecule has 0 aromatic heterocycles. The van der Waals surface area contributed by atoms with Crippen molar-refractivity contribution < 1.29 is 5.11 Å². The summed E-state index contributed by atoms with van der Waals surface area (Å²) in [6.07, 6.45) is 0.882. The van der Waals surface area contributed by atoms with Crippen molar-refractivity contribution in [2.75, 3.05) is 25.2 Å². The van der Waals surface area contributed by atoms with Gasteiger partial charge in [-0.15, -0.1) is 0 Å². The number of aliphatic hydroxyl groups excluding tert-OH is 1. The van der Waals surface area contributed by atoms with E-state index in [4.69, 9.17) is 5.11 Å². The zero-order valence-electron chi connectivity index (χ0n) is 11.6. The van der Waals surface area contributed by atoms with Gasteiger partial charge in [-0.2, -0.15) is 11.8 Å². The molecule has 0 aliphatic rings. The van der Waals surface area contributed by atoms with Gasteiger partial charge in [0, 0.05) is 18.4 Å². The highest BCUT2D eigenvalue weighted by atomic mass is 32.2. The molecular weight excluding hydrogens is 242 g/mol. The number of benzene rings is 1. The average molecular weight is 267 g/mol. The van der Waals surface area contributed by atoms with Crippen LogP contribution in [0.25, 0.3) is 0 Å². The van der Waals surface area contributed by atoms with Gasteiger partial charge in [-0.1, -0.05) is 38.1 Å². The van der Waals surface area contributed by atoms with Crippen LogP contribution in [0.1, 0.15) is 43.4 Å². The fourth-order valence-electron chi connectivity index (χ4n) is 1.83. The van der Waals surface area contributed by atoms with Gasteiger partial charge in [0.05, 0.1) is 0 Å². The lowest BCUT2D eigenvalue weighted by molar-refractivity contribution is 0.296. The monoisotopic (exact) mass is 267 g/mol. The molecule has 1 aromatic carbocycles. The van der Waals surface area contributed by atoms with E-state index in [1.165, 1.54) is 11.1 Å². The molecule has 1 aromatic rings. The lowest BCUT2D eigenvalue weighted by atomic mass is 10.00. The van der Waals surface area contributed by atoms with Crippen molar-refractivity contribution in [1.29, 1.82) is 0 Å². The molecule has 1 atom stereocenters. The minimum absolute atomic E-state index is 0.292. The molecule has 0 aliphatic heterocycles. The SMILES string of the molecule is CNC(CSCCCO)c1ccc(C(C)C)cc1. The largest absolute Gasteiger partial charge is 0.396 e. The second-order valence-electron chi connectivity index (χ2n) is 4.81. The summed E-state index contributed by atoms with van der Waals surface area (Å²) in [5.41, 5.74) is 2.74. The van der Waals surface area contributed by atoms with Crippen LogP contribution >= 0.6 is 11.8 Å². The Kier molecular flexibility index (Phi) is 7.40. The molecule has 0 fully saturated rings. The third-order valence-electron chi connectivity index (χ3n) is 3.09. The van der Waals surface area contributed by atoms with Crippen LogP contribution < -0.4 is 5.32 Å². The van der Waals surface area contributed by atoms with Crippen LogP contribution in [-0.4, -0.2) is 30.3 Å². The number of hydrogen-bond acceptors (Lipinski definition) is 3. The van der Waals surface area contributed by atoms with E-state index in [9.17, 15) is 0 Å². The zero-order valence-corrected chi connectivity index (χ0v) is 12.5. The van der Waals surface area contributed by atoms with E-state index in [1.807, 2.05) is 18.8 Å². The van der Waals surface area contributed by atoms with E-state index in [2.05, 4.69) is 43.4 Å². The van der Waals surface area contributed by atoms with Crippen LogP contribution in [-0.2, 0) is 0 Å². The summed E-state index contributed by atoms with van der Waals surface area (Å²) in [5, 5.41) is 12.1. The lowest BCUT2D eigenvalue weighted by Gasteiger charge is -2.17. The van der Waals surface area contributed by atoms with Gasteiger partial charge in [-0.25, -0.2) is 0 Å². The Bertz CT molecular complexity index is 324. The van der Waals surface area contributed by atoms with E-state index in [0.717, 1.165) is 17.9 Å². The molecule has 0 heterocycles. The van der Waals surface area contributed by atoms with Gasteiger partial charge in [0.25, 0.3) is 0 Å². The van der Waals surface area contributed by atoms with Crippen molar-refractivity contribution in [2.24, 2.45) is 0 Å². The molecule has 0 bridgehead atoms. The van der Waals surface area contributed by atoms with Crippen LogP contribution in [0.15, 0.2) is 24.3 Å². The predicted molar refractivity (Wildman–Crippen MR) is 81.4 cm³/mol. The molecule has 0 radical (unpaired) electrons. The summed E-state index contributed by atoms with van der Waals surface area (Å²) >= 11 is 1.89. The summed E-state index contributed by atoms with van der Waals surface area (Å²) < 4.78 is 0. The summed E-state index contributed by atoms with van der Waals surface area (Å²) in [6, 6.07) is 9.30. The quantitative estimate of drug-likeness (QED) is 0.710. The number of thioether (sulfide) groups is 1.